The van der Waals surface area contributed by atoms with Crippen LogP contribution in [0.1, 0.15) is 376 Å². The minimum Gasteiger partial charge on any atom is -0.462 e. The van der Waals surface area contributed by atoms with Crippen LogP contribution in [0.2, 0.25) is 0 Å². The van der Waals surface area contributed by atoms with E-state index in [0.29, 0.717) is 25.7 Å². The molecule has 0 bridgehead atoms. The molecule has 19 heteroatoms. The van der Waals surface area contributed by atoms with Crippen LogP contribution in [0, 0.1) is 23.7 Å². The minimum atomic E-state index is -4.96. The highest BCUT2D eigenvalue weighted by Crippen LogP contribution is 2.45. The van der Waals surface area contributed by atoms with Crippen molar-refractivity contribution < 1.29 is 80.2 Å². The number of hydrogen-bond acceptors (Lipinski definition) is 15. The van der Waals surface area contributed by atoms with Crippen LogP contribution in [0.25, 0.3) is 0 Å². The Hall–Kier alpha value is -1.94. The van der Waals surface area contributed by atoms with E-state index in [-0.39, 0.29) is 25.7 Å². The van der Waals surface area contributed by atoms with Gasteiger partial charge in [-0.3, -0.25) is 37.3 Å². The summed E-state index contributed by atoms with van der Waals surface area (Å²) < 4.78 is 68.5. The molecular formula is C75H146O17P2. The van der Waals surface area contributed by atoms with Gasteiger partial charge in [-0.15, -0.1) is 0 Å². The van der Waals surface area contributed by atoms with Crippen molar-refractivity contribution >= 4 is 39.5 Å². The van der Waals surface area contributed by atoms with E-state index in [0.717, 1.165) is 120 Å². The molecule has 17 nitrogen and oxygen atoms in total. The Bertz CT molecular complexity index is 1850. The summed E-state index contributed by atoms with van der Waals surface area (Å²) in [6.45, 7) is 14.2. The molecule has 94 heavy (non-hydrogen) atoms. The van der Waals surface area contributed by atoms with Gasteiger partial charge in [-0.1, -0.05) is 325 Å². The van der Waals surface area contributed by atoms with Gasteiger partial charge in [0.15, 0.2) is 12.2 Å². The average molecular weight is 1380 g/mol. The lowest BCUT2D eigenvalue weighted by Crippen LogP contribution is -2.30. The van der Waals surface area contributed by atoms with Crippen molar-refractivity contribution in [3.63, 3.8) is 0 Å². The summed E-state index contributed by atoms with van der Waals surface area (Å²) in [6, 6.07) is 0. The third-order valence-electron chi connectivity index (χ3n) is 18.0. The Labute approximate surface area is 575 Å². The van der Waals surface area contributed by atoms with Crippen LogP contribution in [-0.2, 0) is 65.4 Å². The molecule has 0 aliphatic heterocycles. The van der Waals surface area contributed by atoms with Gasteiger partial charge in [0, 0.05) is 25.7 Å². The first-order valence-electron chi connectivity index (χ1n) is 38.8. The molecular weight excluding hydrogens is 1230 g/mol. The van der Waals surface area contributed by atoms with Crippen LogP contribution in [0.4, 0.5) is 0 Å². The maximum absolute atomic E-state index is 13.1. The first-order chi connectivity index (χ1) is 45.2. The molecule has 0 aliphatic carbocycles. The second-order valence-electron chi connectivity index (χ2n) is 28.5. The van der Waals surface area contributed by atoms with E-state index in [1.807, 2.05) is 0 Å². The molecule has 0 heterocycles. The summed E-state index contributed by atoms with van der Waals surface area (Å²) in [5, 5.41) is 10.6. The smallest absolute Gasteiger partial charge is 0.462 e. The number of phosphoric ester groups is 2. The average Bonchev–Trinajstić information content (AvgIpc) is 1.57. The number of carbonyl (C=O) groups is 4. The highest BCUT2D eigenvalue weighted by molar-refractivity contribution is 7.47. The normalized spacial score (nSPS) is 14.7. The van der Waals surface area contributed by atoms with Crippen molar-refractivity contribution in [3.8, 4) is 0 Å². The first-order valence-corrected chi connectivity index (χ1v) is 41.8. The number of carbonyl (C=O) groups excluding carboxylic acids is 4. The maximum Gasteiger partial charge on any atom is 0.472 e. The van der Waals surface area contributed by atoms with Crippen LogP contribution in [-0.4, -0.2) is 96.7 Å². The molecule has 3 N–H and O–H groups in total. The van der Waals surface area contributed by atoms with Crippen molar-refractivity contribution in [2.24, 2.45) is 23.7 Å². The lowest BCUT2D eigenvalue weighted by atomic mass is 9.99. The number of phosphoric acid groups is 2. The lowest BCUT2D eigenvalue weighted by Gasteiger charge is -2.21. The van der Waals surface area contributed by atoms with Gasteiger partial charge in [0.2, 0.25) is 0 Å². The number of aliphatic hydroxyl groups excluding tert-OH is 1. The van der Waals surface area contributed by atoms with E-state index < -0.39 is 97.5 Å². The first kappa shape index (κ1) is 92.1. The van der Waals surface area contributed by atoms with Gasteiger partial charge in [-0.05, 0) is 49.4 Å². The summed E-state index contributed by atoms with van der Waals surface area (Å²) >= 11 is 0. The SMILES string of the molecule is CCC(C)CCCCCCCCCCCCC(=O)O[C@H](COC(=O)CCCCCCCCCCCCCC(C)C)COP(=O)(O)OC[C@@H](O)COP(=O)(O)OC[C@@H](COC(=O)CCCCCCCCC(C)CC)OC(=O)CCCCCCCCCCCCCCCC(C)C. The molecule has 0 rings (SSSR count). The summed E-state index contributed by atoms with van der Waals surface area (Å²) in [6.07, 6.45) is 48.4. The molecule has 0 fully saturated rings. The predicted octanol–water partition coefficient (Wildman–Crippen LogP) is 21.7. The van der Waals surface area contributed by atoms with Crippen molar-refractivity contribution in [2.75, 3.05) is 39.6 Å². The van der Waals surface area contributed by atoms with Crippen LogP contribution < -0.4 is 0 Å². The second kappa shape index (κ2) is 64.4. The minimum absolute atomic E-state index is 0.106. The number of aliphatic hydroxyl groups is 1. The molecule has 0 spiro atoms. The zero-order valence-electron chi connectivity index (χ0n) is 61.6. The number of ether oxygens (including phenoxy) is 4. The van der Waals surface area contributed by atoms with E-state index in [9.17, 15) is 43.2 Å². The molecule has 7 atom stereocenters. The fraction of sp³-hybridized carbons (Fsp3) is 0.947. The number of unbranched alkanes of at least 4 members (excludes halogenated alkanes) is 36. The highest BCUT2D eigenvalue weighted by atomic mass is 31.2. The van der Waals surface area contributed by atoms with E-state index in [2.05, 4.69) is 55.4 Å². The maximum atomic E-state index is 13.1. The van der Waals surface area contributed by atoms with E-state index in [1.54, 1.807) is 0 Å². The Morgan fingerprint density at radius 2 is 0.511 bits per heavy atom. The quantitative estimate of drug-likeness (QED) is 0.0222. The van der Waals surface area contributed by atoms with E-state index >= 15 is 0 Å². The summed E-state index contributed by atoms with van der Waals surface area (Å²) in [5.41, 5.74) is 0. The molecule has 558 valence electrons. The van der Waals surface area contributed by atoms with Gasteiger partial charge >= 0.3 is 39.5 Å². The van der Waals surface area contributed by atoms with Gasteiger partial charge in [0.25, 0.3) is 0 Å². The topological polar surface area (TPSA) is 237 Å². The monoisotopic (exact) mass is 1380 g/mol. The fourth-order valence-electron chi connectivity index (χ4n) is 11.3. The second-order valence-corrected chi connectivity index (χ2v) is 31.4. The van der Waals surface area contributed by atoms with Crippen LogP contribution in [0.3, 0.4) is 0 Å². The molecule has 0 aromatic carbocycles. The Balaban J connectivity index is 5.26. The number of esters is 4. The molecule has 0 saturated heterocycles. The van der Waals surface area contributed by atoms with Crippen molar-refractivity contribution in [1.82, 2.24) is 0 Å². The van der Waals surface area contributed by atoms with Crippen LogP contribution >= 0.6 is 15.6 Å². The van der Waals surface area contributed by atoms with Crippen molar-refractivity contribution in [1.29, 1.82) is 0 Å². The predicted molar refractivity (Wildman–Crippen MR) is 381 cm³/mol. The molecule has 0 radical (unpaired) electrons. The fourth-order valence-corrected chi connectivity index (χ4v) is 12.9. The standard InChI is InChI=1S/C75H146O17P2/c1-9-67(7)53-45-37-29-23-19-20-26-32-42-50-58-75(80)91-70(61-85-72(77)55-47-39-30-24-18-14-16-22-28-36-44-52-66(5)6)63-89-93(81,82)87-59-69(76)60-88-94(83,84)90-64-71(62-86-73(78)56-48-40-34-33-38-46-54-68(8)10-2)92-74(79)57-49-41-31-25-17-13-11-12-15-21-27-35-43-51-65(3)4/h65-71,76H,9-64H2,1-8H3,(H,81,82)(H,83,84)/t67?,68?,69-,70-,71-/m1/s1. The largest absolute Gasteiger partial charge is 0.472 e. The third-order valence-corrected chi connectivity index (χ3v) is 19.9. The Morgan fingerprint density at radius 1 is 0.298 bits per heavy atom. The summed E-state index contributed by atoms with van der Waals surface area (Å²) in [5.74, 6) is 0.969. The molecule has 4 unspecified atom stereocenters. The van der Waals surface area contributed by atoms with Crippen molar-refractivity contribution in [2.45, 2.75) is 395 Å². The van der Waals surface area contributed by atoms with Gasteiger partial charge in [-0.25, -0.2) is 9.13 Å². The zero-order valence-corrected chi connectivity index (χ0v) is 63.4. The van der Waals surface area contributed by atoms with E-state index in [4.69, 9.17) is 37.0 Å². The molecule has 0 amide bonds. The van der Waals surface area contributed by atoms with Crippen LogP contribution in [0.15, 0.2) is 0 Å². The third kappa shape index (κ3) is 66.0. The van der Waals surface area contributed by atoms with E-state index in [1.165, 1.54) is 173 Å². The lowest BCUT2D eigenvalue weighted by molar-refractivity contribution is -0.161. The van der Waals surface area contributed by atoms with Gasteiger partial charge in [-0.2, -0.15) is 0 Å². The zero-order chi connectivity index (χ0) is 69.6. The number of rotatable bonds is 72. The number of hydrogen-bond donors (Lipinski definition) is 3. The van der Waals surface area contributed by atoms with Gasteiger partial charge in [0.1, 0.15) is 19.3 Å². The Kier molecular flexibility index (Phi) is 63.1. The van der Waals surface area contributed by atoms with Gasteiger partial charge < -0.3 is 33.8 Å². The van der Waals surface area contributed by atoms with Crippen molar-refractivity contribution in [3.05, 3.63) is 0 Å². The molecule has 0 saturated carbocycles. The molecule has 0 aromatic rings. The summed E-state index contributed by atoms with van der Waals surface area (Å²) in [7, 11) is -9.91. The van der Waals surface area contributed by atoms with Crippen LogP contribution in [0.5, 0.6) is 0 Å². The summed E-state index contributed by atoms with van der Waals surface area (Å²) in [4.78, 5) is 72.8. The van der Waals surface area contributed by atoms with Gasteiger partial charge in [0.05, 0.1) is 26.4 Å². The highest BCUT2D eigenvalue weighted by Gasteiger charge is 2.30. The Morgan fingerprint density at radius 3 is 0.755 bits per heavy atom. The molecule has 0 aromatic heterocycles. The molecule has 0 aliphatic rings.